The van der Waals surface area contributed by atoms with Gasteiger partial charge < -0.3 is 10.2 Å². The number of nitrogens with zero attached hydrogens (tertiary/aromatic N) is 2. The molecule has 0 aromatic heterocycles. The smallest absolute Gasteiger partial charge is 0.200 e. The Bertz CT molecular complexity index is 1700. The van der Waals surface area contributed by atoms with Crippen molar-refractivity contribution in [1.29, 1.82) is 0 Å². The highest BCUT2D eigenvalue weighted by Crippen LogP contribution is 2.62. The van der Waals surface area contributed by atoms with Crippen LogP contribution in [0.2, 0.25) is 0 Å². The number of benzene rings is 2. The number of hydrogen-bond donors (Lipinski definition) is 1. The Kier molecular flexibility index (Phi) is 5.17. The van der Waals surface area contributed by atoms with Crippen LogP contribution in [0.4, 0.5) is 0 Å². The van der Waals surface area contributed by atoms with Crippen molar-refractivity contribution < 1.29 is 0 Å². The Morgan fingerprint density at radius 1 is 0.951 bits per heavy atom. The van der Waals surface area contributed by atoms with Crippen LogP contribution >= 0.6 is 11.8 Å². The molecule has 0 saturated carbocycles. The zero-order chi connectivity index (χ0) is 27.1. The van der Waals surface area contributed by atoms with E-state index in [1.807, 2.05) is 0 Å². The molecular weight excluding hydrogens is 518 g/mol. The van der Waals surface area contributed by atoms with Gasteiger partial charge in [-0.05, 0) is 40.7 Å². The van der Waals surface area contributed by atoms with Crippen molar-refractivity contribution in [2.45, 2.75) is 49.1 Å². The van der Waals surface area contributed by atoms with Gasteiger partial charge in [0.15, 0.2) is 5.96 Å². The van der Waals surface area contributed by atoms with Crippen molar-refractivity contribution in [2.75, 3.05) is 0 Å². The third-order valence-electron chi connectivity index (χ3n) is 10.2. The largest absolute Gasteiger partial charge is 0.349 e. The Morgan fingerprint density at radius 3 is 2.71 bits per heavy atom. The van der Waals surface area contributed by atoms with E-state index in [4.69, 9.17) is 4.99 Å². The number of nitrogens with one attached hydrogen (secondary N) is 1. The monoisotopic (exact) mass is 551 g/mol. The molecule has 7 atom stereocenters. The number of guanidine groups is 1. The van der Waals surface area contributed by atoms with Gasteiger partial charge in [0.05, 0.1) is 18.1 Å². The molecule has 7 aliphatic rings. The number of aliphatic imine (C=N–C) groups is 1. The second-order valence-corrected chi connectivity index (χ2v) is 13.6. The van der Waals surface area contributed by atoms with E-state index in [-0.39, 0.29) is 23.5 Å². The van der Waals surface area contributed by atoms with Gasteiger partial charge in [-0.1, -0.05) is 122 Å². The third kappa shape index (κ3) is 3.31. The molecule has 0 amide bonds. The van der Waals surface area contributed by atoms with Gasteiger partial charge in [-0.15, -0.1) is 11.8 Å². The summed E-state index contributed by atoms with van der Waals surface area (Å²) >= 11 is 2.09. The van der Waals surface area contributed by atoms with Crippen LogP contribution in [0.25, 0.3) is 5.57 Å². The molecule has 1 N–H and O–H groups in total. The quantitative estimate of drug-likeness (QED) is 0.391. The van der Waals surface area contributed by atoms with E-state index in [9.17, 15) is 0 Å². The lowest BCUT2D eigenvalue weighted by molar-refractivity contribution is 0.252. The van der Waals surface area contributed by atoms with Crippen LogP contribution in [0.1, 0.15) is 48.4 Å². The standard InChI is InChI=1S/C37H33N3S/c1-37-22-12-11-21-30(37)38-36(39-35(37)23-13-3-2-4-14-23)40-28-19-9-7-17-26(28)31-24-15-5-6-16-25(24)32-27-18-8-10-20-29(27)41-34(32)33(31)40/h2-8,10-18,20-22,27,29-31,33,35H,9,19H2,1H3,(H,38,39)/t27?,29?,30?,31-,33?,35?,37?/m0/s1. The van der Waals surface area contributed by atoms with Gasteiger partial charge in [-0.2, -0.15) is 0 Å². The van der Waals surface area contributed by atoms with Crippen LogP contribution < -0.4 is 5.32 Å². The molecule has 6 unspecified atom stereocenters. The first-order valence-electron chi connectivity index (χ1n) is 15.0. The van der Waals surface area contributed by atoms with Crippen molar-refractivity contribution in [3.8, 4) is 0 Å². The van der Waals surface area contributed by atoms with E-state index in [1.54, 1.807) is 0 Å². The third-order valence-corrected chi connectivity index (χ3v) is 11.6. The van der Waals surface area contributed by atoms with Gasteiger partial charge in [0.2, 0.25) is 0 Å². The topological polar surface area (TPSA) is 27.6 Å². The van der Waals surface area contributed by atoms with E-state index >= 15 is 0 Å². The highest BCUT2D eigenvalue weighted by Gasteiger charge is 2.54. The fraction of sp³-hybridized carbons (Fsp3) is 0.270. The van der Waals surface area contributed by atoms with Gasteiger partial charge in [0.25, 0.3) is 0 Å². The van der Waals surface area contributed by atoms with Crippen molar-refractivity contribution in [3.63, 3.8) is 0 Å². The Morgan fingerprint density at radius 2 is 1.78 bits per heavy atom. The molecule has 9 rings (SSSR count). The van der Waals surface area contributed by atoms with Crippen molar-refractivity contribution in [2.24, 2.45) is 16.3 Å². The Hall–Kier alpha value is -3.76. The lowest BCUT2D eigenvalue weighted by Gasteiger charge is -2.48. The van der Waals surface area contributed by atoms with Crippen LogP contribution in [0.15, 0.2) is 137 Å². The molecule has 3 nitrogen and oxygen atoms in total. The molecule has 3 aliphatic heterocycles. The number of hydrogen-bond acceptors (Lipinski definition) is 4. The van der Waals surface area contributed by atoms with Crippen LogP contribution in [-0.4, -0.2) is 28.2 Å². The van der Waals surface area contributed by atoms with E-state index in [0.29, 0.717) is 17.1 Å². The average Bonchev–Trinajstić information content (AvgIpc) is 3.58. The predicted molar refractivity (Wildman–Crippen MR) is 170 cm³/mol. The summed E-state index contributed by atoms with van der Waals surface area (Å²) in [4.78, 5) is 9.85. The summed E-state index contributed by atoms with van der Waals surface area (Å²) < 4.78 is 0. The predicted octanol–water partition coefficient (Wildman–Crippen LogP) is 7.84. The highest BCUT2D eigenvalue weighted by atomic mass is 32.2. The summed E-state index contributed by atoms with van der Waals surface area (Å²) in [6, 6.07) is 20.6. The minimum atomic E-state index is -0.140. The molecule has 3 heterocycles. The minimum absolute atomic E-state index is 0.0300. The second kappa shape index (κ2) is 8.87. The number of allylic oxidation sites excluding steroid dienone is 9. The van der Waals surface area contributed by atoms with Gasteiger partial charge in [0, 0.05) is 33.1 Å². The first-order chi connectivity index (χ1) is 20.2. The van der Waals surface area contributed by atoms with Crippen molar-refractivity contribution >= 4 is 23.3 Å². The van der Waals surface area contributed by atoms with Crippen LogP contribution in [0.5, 0.6) is 0 Å². The molecule has 0 spiro atoms. The molecule has 0 fully saturated rings. The Labute approximate surface area is 246 Å². The molecule has 0 radical (unpaired) electrons. The number of thioether (sulfide) groups is 1. The van der Waals surface area contributed by atoms with Gasteiger partial charge in [-0.25, -0.2) is 4.99 Å². The van der Waals surface area contributed by atoms with E-state index < -0.39 is 0 Å². The number of rotatable bonds is 1. The van der Waals surface area contributed by atoms with Gasteiger partial charge in [-0.3, -0.25) is 0 Å². The first kappa shape index (κ1) is 23.9. The summed E-state index contributed by atoms with van der Waals surface area (Å²) in [6.07, 6.45) is 25.3. The zero-order valence-corrected chi connectivity index (χ0v) is 24.0. The maximum atomic E-state index is 5.66. The fourth-order valence-corrected chi connectivity index (χ4v) is 9.90. The summed E-state index contributed by atoms with van der Waals surface area (Å²) in [5.41, 5.74) is 8.52. The lowest BCUT2D eigenvalue weighted by Crippen LogP contribution is -2.58. The SMILES string of the molecule is CC12C=CC=CC1NC(N1C3=C(C=CCC3)[C@@H]3c4ccccc4C4=C(SC5C=CC=CC45)C31)=NC2c1ccccc1. The van der Waals surface area contributed by atoms with Gasteiger partial charge >= 0.3 is 0 Å². The zero-order valence-electron chi connectivity index (χ0n) is 23.2. The van der Waals surface area contributed by atoms with Crippen molar-refractivity contribution in [1.82, 2.24) is 10.2 Å². The van der Waals surface area contributed by atoms with E-state index in [0.717, 1.165) is 18.8 Å². The summed E-state index contributed by atoms with van der Waals surface area (Å²) in [5.74, 6) is 1.77. The maximum Gasteiger partial charge on any atom is 0.200 e. The summed E-state index contributed by atoms with van der Waals surface area (Å²) in [6.45, 7) is 2.36. The molecule has 202 valence electrons. The maximum absolute atomic E-state index is 5.66. The molecule has 4 aliphatic carbocycles. The lowest BCUT2D eigenvalue weighted by atomic mass is 9.70. The number of fused-ring (bicyclic) bond motifs is 9. The van der Waals surface area contributed by atoms with Crippen molar-refractivity contribution in [3.05, 3.63) is 148 Å². The first-order valence-corrected chi connectivity index (χ1v) is 15.9. The molecule has 0 bridgehead atoms. The van der Waals surface area contributed by atoms with Crippen LogP contribution in [-0.2, 0) is 0 Å². The average molecular weight is 552 g/mol. The van der Waals surface area contributed by atoms with E-state index in [2.05, 4.69) is 144 Å². The van der Waals surface area contributed by atoms with Crippen LogP contribution in [0.3, 0.4) is 0 Å². The minimum Gasteiger partial charge on any atom is -0.349 e. The molecule has 41 heavy (non-hydrogen) atoms. The fourth-order valence-electron chi connectivity index (χ4n) is 8.31. The Balaban J connectivity index is 1.26. The van der Waals surface area contributed by atoms with Crippen LogP contribution in [0, 0.1) is 11.3 Å². The van der Waals surface area contributed by atoms with Gasteiger partial charge in [0.1, 0.15) is 0 Å². The second-order valence-electron chi connectivity index (χ2n) is 12.4. The summed E-state index contributed by atoms with van der Waals surface area (Å²) in [7, 11) is 0. The molecule has 2 aromatic rings. The summed E-state index contributed by atoms with van der Waals surface area (Å²) in [5, 5.41) is 4.45. The molecule has 2 aromatic carbocycles. The highest BCUT2D eigenvalue weighted by molar-refractivity contribution is 8.04. The molecular formula is C37H33N3S. The van der Waals surface area contributed by atoms with E-state index in [1.165, 1.54) is 38.4 Å². The molecule has 0 saturated heterocycles. The normalized spacial score (nSPS) is 35.3. The molecule has 4 heteroatoms.